The zero-order valence-electron chi connectivity index (χ0n) is 11.2. The number of hydrogen-bond donors (Lipinski definition) is 1. The van der Waals surface area contributed by atoms with Gasteiger partial charge < -0.3 is 9.84 Å². The first-order valence-corrected chi connectivity index (χ1v) is 7.28. The van der Waals surface area contributed by atoms with Gasteiger partial charge in [0.25, 0.3) is 5.56 Å². The smallest absolute Gasteiger partial charge is 0.275 e. The molecule has 20 heavy (non-hydrogen) atoms. The normalized spacial score (nSPS) is 20.6. The quantitative estimate of drug-likeness (QED) is 0.834. The fourth-order valence-electron chi connectivity index (χ4n) is 2.26. The minimum atomic E-state index is -0.157. The van der Waals surface area contributed by atoms with Crippen LogP contribution in [0.25, 0.3) is 4.96 Å². The largest absolute Gasteiger partial charge is 0.395 e. The lowest BCUT2D eigenvalue weighted by molar-refractivity contribution is -0.0313. The van der Waals surface area contributed by atoms with E-state index in [0.29, 0.717) is 30.4 Å². The number of morpholine rings is 1. The SMILES string of the molecule is Cc1cc(=O)n2nc(CN3CCOCC3CO)sc2n1. The number of nitrogens with zero attached hydrogens (tertiary/aromatic N) is 4. The Morgan fingerprint density at radius 1 is 1.60 bits per heavy atom. The summed E-state index contributed by atoms with van der Waals surface area (Å²) in [6, 6.07) is 1.46. The summed E-state index contributed by atoms with van der Waals surface area (Å²) in [6.07, 6.45) is 0. The number of aryl methyl sites for hydroxylation is 1. The molecule has 0 aromatic carbocycles. The van der Waals surface area contributed by atoms with Crippen molar-refractivity contribution in [3.8, 4) is 0 Å². The van der Waals surface area contributed by atoms with E-state index in [4.69, 9.17) is 4.74 Å². The van der Waals surface area contributed by atoms with E-state index in [1.54, 1.807) is 6.92 Å². The average Bonchev–Trinajstić information content (AvgIpc) is 2.82. The van der Waals surface area contributed by atoms with Gasteiger partial charge >= 0.3 is 0 Å². The van der Waals surface area contributed by atoms with E-state index in [9.17, 15) is 9.90 Å². The lowest BCUT2D eigenvalue weighted by Crippen LogP contribution is -2.46. The number of ether oxygens (including phenoxy) is 1. The standard InChI is InChI=1S/C12H16N4O3S/c1-8-4-11(18)16-12(13-8)20-10(14-16)5-15-2-3-19-7-9(15)6-17/h4,9,17H,2-3,5-7H2,1H3. The van der Waals surface area contributed by atoms with Gasteiger partial charge in [-0.05, 0) is 6.92 Å². The third-order valence-corrected chi connectivity index (χ3v) is 4.21. The zero-order valence-corrected chi connectivity index (χ0v) is 12.0. The molecule has 1 fully saturated rings. The fourth-order valence-corrected chi connectivity index (χ4v) is 3.23. The van der Waals surface area contributed by atoms with E-state index in [-0.39, 0.29) is 18.2 Å². The molecule has 1 aliphatic rings. The summed E-state index contributed by atoms with van der Waals surface area (Å²) >= 11 is 1.41. The van der Waals surface area contributed by atoms with Crippen LogP contribution < -0.4 is 5.56 Å². The Morgan fingerprint density at radius 2 is 2.45 bits per heavy atom. The Kier molecular flexibility index (Phi) is 3.79. The summed E-state index contributed by atoms with van der Waals surface area (Å²) in [5.74, 6) is 0. The van der Waals surface area contributed by atoms with Crippen molar-refractivity contribution >= 4 is 16.3 Å². The molecule has 0 aliphatic carbocycles. The van der Waals surface area contributed by atoms with Crippen LogP contribution in [0.3, 0.4) is 0 Å². The summed E-state index contributed by atoms with van der Waals surface area (Å²) in [5, 5.41) is 14.5. The molecular weight excluding hydrogens is 280 g/mol. The predicted octanol–water partition coefficient (Wildman–Crippen LogP) is -0.347. The monoisotopic (exact) mass is 296 g/mol. The molecule has 8 heteroatoms. The van der Waals surface area contributed by atoms with Crippen molar-refractivity contribution in [1.82, 2.24) is 19.5 Å². The van der Waals surface area contributed by atoms with Gasteiger partial charge in [0, 0.05) is 18.3 Å². The highest BCUT2D eigenvalue weighted by molar-refractivity contribution is 7.16. The maximum absolute atomic E-state index is 11.8. The summed E-state index contributed by atoms with van der Waals surface area (Å²) in [7, 11) is 0. The minimum Gasteiger partial charge on any atom is -0.395 e. The first-order valence-electron chi connectivity index (χ1n) is 6.46. The Balaban J connectivity index is 1.87. The molecule has 1 saturated heterocycles. The van der Waals surface area contributed by atoms with Crippen LogP contribution in [0, 0.1) is 6.92 Å². The van der Waals surface area contributed by atoms with Crippen LogP contribution in [0.4, 0.5) is 0 Å². The lowest BCUT2D eigenvalue weighted by Gasteiger charge is -2.33. The summed E-state index contributed by atoms with van der Waals surface area (Å²) in [4.78, 5) is 18.9. The van der Waals surface area contributed by atoms with Gasteiger partial charge in [-0.1, -0.05) is 11.3 Å². The highest BCUT2D eigenvalue weighted by Crippen LogP contribution is 2.16. The van der Waals surface area contributed by atoms with Gasteiger partial charge in [0.2, 0.25) is 4.96 Å². The molecule has 0 amide bonds. The Morgan fingerprint density at radius 3 is 3.25 bits per heavy atom. The maximum atomic E-state index is 11.8. The second-order valence-electron chi connectivity index (χ2n) is 4.81. The van der Waals surface area contributed by atoms with E-state index in [2.05, 4.69) is 15.0 Å². The Hall–Kier alpha value is -1.35. The molecule has 1 atom stereocenters. The molecule has 1 unspecified atom stereocenters. The molecule has 1 aliphatic heterocycles. The third kappa shape index (κ3) is 2.59. The van der Waals surface area contributed by atoms with Crippen molar-refractivity contribution in [2.45, 2.75) is 19.5 Å². The molecule has 1 N–H and O–H groups in total. The molecule has 0 saturated carbocycles. The Labute approximate surface area is 119 Å². The van der Waals surface area contributed by atoms with Crippen molar-refractivity contribution in [3.63, 3.8) is 0 Å². The molecule has 3 heterocycles. The zero-order chi connectivity index (χ0) is 14.1. The van der Waals surface area contributed by atoms with Gasteiger partial charge in [-0.3, -0.25) is 9.69 Å². The van der Waals surface area contributed by atoms with Gasteiger partial charge in [-0.2, -0.15) is 9.61 Å². The average molecular weight is 296 g/mol. The summed E-state index contributed by atoms with van der Waals surface area (Å²) in [5.41, 5.74) is 0.542. The van der Waals surface area contributed by atoms with Crippen LogP contribution in [0.1, 0.15) is 10.7 Å². The first-order chi connectivity index (χ1) is 9.67. The predicted molar refractivity (Wildman–Crippen MR) is 74.0 cm³/mol. The highest BCUT2D eigenvalue weighted by Gasteiger charge is 2.23. The van der Waals surface area contributed by atoms with Gasteiger partial charge in [-0.25, -0.2) is 4.98 Å². The molecular formula is C12H16N4O3S. The third-order valence-electron chi connectivity index (χ3n) is 3.31. The second-order valence-corrected chi connectivity index (χ2v) is 5.85. The number of aliphatic hydroxyl groups excluding tert-OH is 1. The fraction of sp³-hybridized carbons (Fsp3) is 0.583. The van der Waals surface area contributed by atoms with Crippen LogP contribution in [0.5, 0.6) is 0 Å². The molecule has 2 aromatic rings. The van der Waals surface area contributed by atoms with E-state index < -0.39 is 0 Å². The van der Waals surface area contributed by atoms with Crippen molar-refractivity contribution in [2.75, 3.05) is 26.4 Å². The van der Waals surface area contributed by atoms with Gasteiger partial charge in [-0.15, -0.1) is 0 Å². The molecule has 0 spiro atoms. The lowest BCUT2D eigenvalue weighted by atomic mass is 10.2. The molecule has 2 aromatic heterocycles. The number of hydrogen-bond acceptors (Lipinski definition) is 7. The van der Waals surface area contributed by atoms with Gasteiger partial charge in [0.05, 0.1) is 32.4 Å². The first kappa shape index (κ1) is 13.6. The van der Waals surface area contributed by atoms with Gasteiger partial charge in [0.1, 0.15) is 5.01 Å². The van der Waals surface area contributed by atoms with Crippen LogP contribution in [0.2, 0.25) is 0 Å². The topological polar surface area (TPSA) is 80.0 Å². The molecule has 7 nitrogen and oxygen atoms in total. The van der Waals surface area contributed by atoms with E-state index in [1.165, 1.54) is 21.9 Å². The van der Waals surface area contributed by atoms with E-state index in [1.807, 2.05) is 0 Å². The van der Waals surface area contributed by atoms with Crippen LogP contribution in [-0.4, -0.2) is 57.0 Å². The number of rotatable bonds is 3. The number of fused-ring (bicyclic) bond motifs is 1. The number of aliphatic hydroxyl groups is 1. The van der Waals surface area contributed by atoms with Crippen LogP contribution in [-0.2, 0) is 11.3 Å². The van der Waals surface area contributed by atoms with E-state index in [0.717, 1.165) is 11.6 Å². The molecule has 0 bridgehead atoms. The second kappa shape index (κ2) is 5.57. The summed E-state index contributed by atoms with van der Waals surface area (Å²) in [6.45, 7) is 4.38. The number of aromatic nitrogens is 3. The van der Waals surface area contributed by atoms with Crippen molar-refractivity contribution < 1.29 is 9.84 Å². The van der Waals surface area contributed by atoms with Crippen LogP contribution in [0.15, 0.2) is 10.9 Å². The molecule has 0 radical (unpaired) electrons. The van der Waals surface area contributed by atoms with Gasteiger partial charge in [0.15, 0.2) is 0 Å². The van der Waals surface area contributed by atoms with E-state index >= 15 is 0 Å². The van der Waals surface area contributed by atoms with Crippen molar-refractivity contribution in [3.05, 3.63) is 27.1 Å². The highest BCUT2D eigenvalue weighted by atomic mass is 32.1. The maximum Gasteiger partial charge on any atom is 0.275 e. The van der Waals surface area contributed by atoms with Crippen molar-refractivity contribution in [1.29, 1.82) is 0 Å². The minimum absolute atomic E-state index is 0.0119. The summed E-state index contributed by atoms with van der Waals surface area (Å²) < 4.78 is 6.68. The van der Waals surface area contributed by atoms with Crippen LogP contribution >= 0.6 is 11.3 Å². The molecule has 108 valence electrons. The Bertz CT molecular complexity index is 668. The molecule has 3 rings (SSSR count). The van der Waals surface area contributed by atoms with Crippen molar-refractivity contribution in [2.24, 2.45) is 0 Å².